The van der Waals surface area contributed by atoms with Gasteiger partial charge in [-0.3, -0.25) is 4.79 Å². The lowest BCUT2D eigenvalue weighted by Gasteiger charge is -2.12. The molecule has 0 radical (unpaired) electrons. The lowest BCUT2D eigenvalue weighted by Crippen LogP contribution is -2.15. The van der Waals surface area contributed by atoms with E-state index in [0.29, 0.717) is 10.2 Å². The summed E-state index contributed by atoms with van der Waals surface area (Å²) < 4.78 is 24.8. The van der Waals surface area contributed by atoms with Gasteiger partial charge >= 0.3 is 0 Å². The van der Waals surface area contributed by atoms with E-state index in [1.54, 1.807) is 6.26 Å². The number of anilines is 1. The first kappa shape index (κ1) is 17.5. The number of methoxy groups -OCH3 is 1. The predicted molar refractivity (Wildman–Crippen MR) is 98.7 cm³/mol. The fraction of sp³-hybridized carbons (Fsp3) is 0.211. The van der Waals surface area contributed by atoms with Crippen LogP contribution in [0, 0.1) is 19.7 Å². The summed E-state index contributed by atoms with van der Waals surface area (Å²) in [6.45, 7) is 4.03. The van der Waals surface area contributed by atoms with Gasteiger partial charge in [-0.15, -0.1) is 0 Å². The van der Waals surface area contributed by atoms with Crippen LogP contribution in [0.15, 0.2) is 39.4 Å². The van der Waals surface area contributed by atoms with E-state index in [0.717, 1.165) is 27.7 Å². The maximum absolute atomic E-state index is 13.6. The molecule has 0 atom stereocenters. The molecule has 0 fully saturated rings. The van der Waals surface area contributed by atoms with Gasteiger partial charge in [0.25, 0.3) is 0 Å². The molecule has 0 aliphatic rings. The molecule has 0 aliphatic carbocycles. The summed E-state index contributed by atoms with van der Waals surface area (Å²) in [6.07, 6.45) is 1.70. The number of rotatable bonds is 4. The lowest BCUT2D eigenvalue weighted by molar-refractivity contribution is -0.115. The maximum atomic E-state index is 13.6. The number of halogens is 2. The number of fused-ring (bicyclic) bond motifs is 1. The summed E-state index contributed by atoms with van der Waals surface area (Å²) >= 11 is 3.22. The third kappa shape index (κ3) is 3.54. The lowest BCUT2D eigenvalue weighted by atomic mass is 10.0. The number of benzene rings is 2. The van der Waals surface area contributed by atoms with Gasteiger partial charge in [-0.25, -0.2) is 4.39 Å². The average Bonchev–Trinajstić information content (AvgIpc) is 2.89. The van der Waals surface area contributed by atoms with Gasteiger partial charge in [-0.1, -0.05) is 0 Å². The number of furan rings is 1. The zero-order chi connectivity index (χ0) is 18.1. The smallest absolute Gasteiger partial charge is 0.229 e. The Bertz CT molecular complexity index is 965. The summed E-state index contributed by atoms with van der Waals surface area (Å²) in [7, 11) is 1.46. The van der Waals surface area contributed by atoms with E-state index in [2.05, 4.69) is 21.2 Å². The first-order valence-corrected chi connectivity index (χ1v) is 8.48. The molecule has 1 N–H and O–H groups in total. The molecule has 0 bridgehead atoms. The second kappa shape index (κ2) is 6.88. The van der Waals surface area contributed by atoms with Crippen molar-refractivity contribution in [2.45, 2.75) is 20.3 Å². The normalized spacial score (nSPS) is 10.9. The number of carbonyl (C=O) groups excluding carboxylic acids is 1. The highest BCUT2D eigenvalue weighted by Gasteiger charge is 2.16. The van der Waals surface area contributed by atoms with E-state index in [9.17, 15) is 9.18 Å². The van der Waals surface area contributed by atoms with Gasteiger partial charge in [0, 0.05) is 17.0 Å². The van der Waals surface area contributed by atoms with Crippen molar-refractivity contribution in [3.63, 3.8) is 0 Å². The Kier molecular flexibility index (Phi) is 4.81. The molecule has 3 aromatic rings. The SMILES string of the molecule is COc1c(Br)cc(F)cc1NC(=O)Cc1coc2cc(C)c(C)cc12. The Balaban J connectivity index is 1.86. The first-order chi connectivity index (χ1) is 11.9. The Morgan fingerprint density at radius 1 is 1.24 bits per heavy atom. The minimum absolute atomic E-state index is 0.118. The molecule has 2 aromatic carbocycles. The van der Waals surface area contributed by atoms with E-state index < -0.39 is 5.82 Å². The fourth-order valence-electron chi connectivity index (χ4n) is 2.70. The summed E-state index contributed by atoms with van der Waals surface area (Å²) in [4.78, 5) is 12.4. The van der Waals surface area contributed by atoms with Crippen LogP contribution in [0.1, 0.15) is 16.7 Å². The van der Waals surface area contributed by atoms with Crippen molar-refractivity contribution in [3.05, 3.63) is 57.5 Å². The molecule has 1 aromatic heterocycles. The van der Waals surface area contributed by atoms with Crippen LogP contribution in [0.25, 0.3) is 11.0 Å². The van der Waals surface area contributed by atoms with Crippen molar-refractivity contribution in [1.29, 1.82) is 0 Å². The van der Waals surface area contributed by atoms with Crippen LogP contribution in [0.4, 0.5) is 10.1 Å². The topological polar surface area (TPSA) is 51.5 Å². The van der Waals surface area contributed by atoms with Crippen molar-refractivity contribution < 1.29 is 18.3 Å². The van der Waals surface area contributed by atoms with Crippen molar-refractivity contribution in [2.75, 3.05) is 12.4 Å². The molecule has 25 heavy (non-hydrogen) atoms. The largest absolute Gasteiger partial charge is 0.493 e. The molecule has 0 spiro atoms. The highest BCUT2D eigenvalue weighted by atomic mass is 79.9. The van der Waals surface area contributed by atoms with E-state index >= 15 is 0 Å². The van der Waals surface area contributed by atoms with Gasteiger partial charge in [0.15, 0.2) is 5.75 Å². The van der Waals surface area contributed by atoms with Crippen LogP contribution in [-0.4, -0.2) is 13.0 Å². The zero-order valence-corrected chi connectivity index (χ0v) is 15.7. The molecule has 4 nitrogen and oxygen atoms in total. The number of nitrogens with one attached hydrogen (secondary N) is 1. The number of hydrogen-bond acceptors (Lipinski definition) is 3. The minimum atomic E-state index is -0.470. The number of amides is 1. The highest BCUT2D eigenvalue weighted by molar-refractivity contribution is 9.10. The molecule has 130 valence electrons. The Morgan fingerprint density at radius 2 is 1.96 bits per heavy atom. The molecule has 1 heterocycles. The molecule has 0 unspecified atom stereocenters. The second-order valence-electron chi connectivity index (χ2n) is 5.89. The van der Waals surface area contributed by atoms with E-state index in [-0.39, 0.29) is 18.0 Å². The van der Waals surface area contributed by atoms with Crippen molar-refractivity contribution in [2.24, 2.45) is 0 Å². The Labute approximate surface area is 153 Å². The maximum Gasteiger partial charge on any atom is 0.229 e. The zero-order valence-electron chi connectivity index (χ0n) is 14.1. The average molecular weight is 406 g/mol. The van der Waals surface area contributed by atoms with E-state index in [1.165, 1.54) is 19.2 Å². The van der Waals surface area contributed by atoms with E-state index in [1.807, 2.05) is 26.0 Å². The molecule has 3 rings (SSSR count). The van der Waals surface area contributed by atoms with Crippen LogP contribution in [0.5, 0.6) is 5.75 Å². The third-order valence-corrected chi connectivity index (χ3v) is 4.70. The summed E-state index contributed by atoms with van der Waals surface area (Å²) in [5.74, 6) is -0.377. The standard InChI is InChI=1S/C19H17BrFNO3/c1-10-4-14-12(9-25-17(14)5-11(10)2)6-18(23)22-16-8-13(21)7-15(20)19(16)24-3/h4-5,7-9H,6H2,1-3H3,(H,22,23). The van der Waals surface area contributed by atoms with Crippen molar-refractivity contribution >= 4 is 38.5 Å². The van der Waals surface area contributed by atoms with Crippen LogP contribution in [0.2, 0.25) is 0 Å². The second-order valence-corrected chi connectivity index (χ2v) is 6.74. The van der Waals surface area contributed by atoms with Gasteiger partial charge < -0.3 is 14.5 Å². The quantitative estimate of drug-likeness (QED) is 0.653. The van der Waals surface area contributed by atoms with Gasteiger partial charge in [-0.05, 0) is 59.1 Å². The number of aryl methyl sites for hydroxylation is 2. The Morgan fingerprint density at radius 3 is 2.68 bits per heavy atom. The van der Waals surface area contributed by atoms with Crippen LogP contribution < -0.4 is 10.1 Å². The third-order valence-electron chi connectivity index (χ3n) is 4.11. The van der Waals surface area contributed by atoms with Gasteiger partial charge in [-0.2, -0.15) is 0 Å². The highest BCUT2D eigenvalue weighted by Crippen LogP contribution is 2.34. The monoisotopic (exact) mass is 405 g/mol. The Hall–Kier alpha value is -2.34. The van der Waals surface area contributed by atoms with Gasteiger partial charge in [0.05, 0.1) is 30.0 Å². The van der Waals surface area contributed by atoms with Crippen LogP contribution in [-0.2, 0) is 11.2 Å². The summed E-state index contributed by atoms with van der Waals surface area (Å²) in [5, 5.41) is 3.60. The summed E-state index contributed by atoms with van der Waals surface area (Å²) in [5.41, 5.74) is 4.07. The van der Waals surface area contributed by atoms with Crippen molar-refractivity contribution in [1.82, 2.24) is 0 Å². The van der Waals surface area contributed by atoms with E-state index in [4.69, 9.17) is 9.15 Å². The molecule has 0 aliphatic heterocycles. The van der Waals surface area contributed by atoms with Gasteiger partial charge in [0.2, 0.25) is 5.91 Å². The van der Waals surface area contributed by atoms with Crippen LogP contribution >= 0.6 is 15.9 Å². The number of ether oxygens (including phenoxy) is 1. The predicted octanol–water partition coefficient (Wildman–Crippen LogP) is 5.14. The van der Waals surface area contributed by atoms with Crippen molar-refractivity contribution in [3.8, 4) is 5.75 Å². The number of hydrogen-bond donors (Lipinski definition) is 1. The summed E-state index contributed by atoms with van der Waals surface area (Å²) in [6, 6.07) is 6.47. The molecule has 0 saturated carbocycles. The van der Waals surface area contributed by atoms with Gasteiger partial charge in [0.1, 0.15) is 11.4 Å². The molecule has 1 amide bonds. The molecular weight excluding hydrogens is 389 g/mol. The first-order valence-electron chi connectivity index (χ1n) is 7.69. The fourth-order valence-corrected chi connectivity index (χ4v) is 3.30. The molecule has 0 saturated heterocycles. The minimum Gasteiger partial charge on any atom is -0.493 e. The molecular formula is C19H17BrFNO3. The number of carbonyl (C=O) groups is 1. The molecule has 6 heteroatoms. The van der Waals surface area contributed by atoms with Crippen LogP contribution in [0.3, 0.4) is 0 Å².